The van der Waals surface area contributed by atoms with E-state index in [1.807, 2.05) is 0 Å². The van der Waals surface area contributed by atoms with Gasteiger partial charge in [0.05, 0.1) is 0 Å². The molecule has 0 spiro atoms. The Labute approximate surface area is 78.6 Å². The molecule has 1 aliphatic rings. The van der Waals surface area contributed by atoms with Crippen LogP contribution < -0.4 is 0 Å². The van der Waals surface area contributed by atoms with Crippen molar-refractivity contribution in [2.75, 3.05) is 0 Å². The molecule has 1 aliphatic heterocycles. The van der Waals surface area contributed by atoms with Gasteiger partial charge in [-0.15, -0.1) is 12.8 Å². The molecular weight excluding hydrogens is 216 g/mol. The van der Waals surface area contributed by atoms with Crippen LogP contribution in [0.1, 0.15) is 0 Å². The molecule has 0 aromatic carbocycles. The number of rotatable bonds is 0. The van der Waals surface area contributed by atoms with Gasteiger partial charge in [0.2, 0.25) is 0 Å². The lowest BCUT2D eigenvalue weighted by Gasteiger charge is -1.99. The van der Waals surface area contributed by atoms with Crippen molar-refractivity contribution in [1.82, 2.24) is 0 Å². The first-order chi connectivity index (χ1) is 5.09. The molecule has 0 bridgehead atoms. The van der Waals surface area contributed by atoms with Crippen molar-refractivity contribution in [3.63, 3.8) is 0 Å². The highest BCUT2D eigenvalue weighted by atomic mass is 33.7. The minimum atomic E-state index is -2.29. The summed E-state index contributed by atoms with van der Waals surface area (Å²) in [6.07, 6.45) is 10.3. The van der Waals surface area contributed by atoms with Crippen molar-refractivity contribution < 1.29 is 4.21 Å². The first kappa shape index (κ1) is 9.28. The van der Waals surface area contributed by atoms with Crippen LogP contribution in [0.5, 0.6) is 0 Å². The van der Waals surface area contributed by atoms with E-state index in [4.69, 9.17) is 24.0 Å². The third-order valence-corrected chi connectivity index (χ3v) is 8.41. The molecule has 5 heteroatoms. The first-order valence-corrected chi connectivity index (χ1v) is 7.90. The zero-order chi connectivity index (χ0) is 8.48. The number of hydrogen-bond donors (Lipinski definition) is 0. The highest BCUT2D eigenvalue weighted by Gasteiger charge is 2.34. The predicted octanol–water partition coefficient (Wildman–Crippen LogP) is 1.05. The molecule has 2 unspecified atom stereocenters. The fraction of sp³-hybridized carbons (Fsp3) is 0.333. The molecule has 0 radical (unpaired) electrons. The fourth-order valence-corrected chi connectivity index (χ4v) is 8.50. The minimum absolute atomic E-state index is 0.185. The lowest BCUT2D eigenvalue weighted by Crippen LogP contribution is -2.09. The summed E-state index contributed by atoms with van der Waals surface area (Å²) in [6.45, 7) is -2.29. The first-order valence-electron chi connectivity index (χ1n) is 2.63. The standard InChI is InChI=1S/C6H4OS4/c1-3-5-6(4-2)10-11(7,8)9-5/h1-2,5-6H. The summed E-state index contributed by atoms with van der Waals surface area (Å²) in [5.74, 6) is 4.95. The summed E-state index contributed by atoms with van der Waals surface area (Å²) in [6, 6.07) is 0. The van der Waals surface area contributed by atoms with Crippen LogP contribution >= 0.6 is 21.6 Å². The summed E-state index contributed by atoms with van der Waals surface area (Å²) < 4.78 is 11.3. The molecule has 0 N–H and O–H groups in total. The zero-order valence-electron chi connectivity index (χ0n) is 5.35. The topological polar surface area (TPSA) is 17.1 Å². The van der Waals surface area contributed by atoms with E-state index in [-0.39, 0.29) is 10.5 Å². The summed E-state index contributed by atoms with van der Waals surface area (Å²) >= 11 is 4.76. The van der Waals surface area contributed by atoms with E-state index >= 15 is 0 Å². The van der Waals surface area contributed by atoms with Crippen molar-refractivity contribution >= 4 is 39.3 Å². The van der Waals surface area contributed by atoms with Gasteiger partial charge in [-0.2, -0.15) is 0 Å². The highest BCUT2D eigenvalue weighted by molar-refractivity contribution is 9.16. The van der Waals surface area contributed by atoms with Crippen LogP contribution in [0.4, 0.5) is 0 Å². The Morgan fingerprint density at radius 3 is 1.91 bits per heavy atom. The largest absolute Gasteiger partial charge is 0.235 e. The van der Waals surface area contributed by atoms with Gasteiger partial charge in [-0.05, 0) is 21.6 Å². The molecule has 0 aromatic heterocycles. The quantitative estimate of drug-likeness (QED) is 0.448. The van der Waals surface area contributed by atoms with Crippen LogP contribution in [0.15, 0.2) is 0 Å². The second-order valence-electron chi connectivity index (χ2n) is 1.78. The third kappa shape index (κ3) is 2.07. The van der Waals surface area contributed by atoms with Crippen LogP contribution in [0, 0.1) is 24.7 Å². The Morgan fingerprint density at radius 2 is 1.64 bits per heavy atom. The van der Waals surface area contributed by atoms with E-state index < -0.39 is 6.56 Å². The average molecular weight is 220 g/mol. The maximum atomic E-state index is 11.3. The molecule has 0 saturated carbocycles. The Bertz CT molecular complexity index is 301. The van der Waals surface area contributed by atoms with Gasteiger partial charge in [0.15, 0.2) is 0 Å². The van der Waals surface area contributed by atoms with Crippen molar-refractivity contribution in [2.24, 2.45) is 0 Å². The molecule has 2 atom stereocenters. The van der Waals surface area contributed by atoms with E-state index in [2.05, 4.69) is 11.8 Å². The maximum absolute atomic E-state index is 11.3. The Morgan fingerprint density at radius 1 is 1.27 bits per heavy atom. The maximum Gasteiger partial charge on any atom is 0.136 e. The summed E-state index contributed by atoms with van der Waals surface area (Å²) in [7, 11) is 2.25. The molecule has 0 aliphatic carbocycles. The second-order valence-corrected chi connectivity index (χ2v) is 11.3. The average Bonchev–Trinajstić information content (AvgIpc) is 2.25. The van der Waals surface area contributed by atoms with Gasteiger partial charge in [-0.1, -0.05) is 11.8 Å². The van der Waals surface area contributed by atoms with E-state index in [9.17, 15) is 4.21 Å². The Balaban J connectivity index is 2.91. The van der Waals surface area contributed by atoms with Crippen LogP contribution in [-0.2, 0) is 17.7 Å². The van der Waals surface area contributed by atoms with Gasteiger partial charge >= 0.3 is 0 Å². The van der Waals surface area contributed by atoms with Gasteiger partial charge in [-0.3, -0.25) is 0 Å². The van der Waals surface area contributed by atoms with Gasteiger partial charge in [0.1, 0.15) is 17.1 Å². The zero-order valence-corrected chi connectivity index (χ0v) is 8.62. The molecule has 1 nitrogen and oxygen atoms in total. The summed E-state index contributed by atoms with van der Waals surface area (Å²) in [5, 5.41) is -0.370. The van der Waals surface area contributed by atoms with Crippen molar-refractivity contribution in [3.8, 4) is 24.7 Å². The van der Waals surface area contributed by atoms with Crippen molar-refractivity contribution in [3.05, 3.63) is 0 Å². The summed E-state index contributed by atoms with van der Waals surface area (Å²) in [4.78, 5) is 0. The molecule has 1 saturated heterocycles. The van der Waals surface area contributed by atoms with E-state index in [0.717, 1.165) is 21.6 Å². The van der Waals surface area contributed by atoms with Crippen LogP contribution in [0.2, 0.25) is 0 Å². The number of hydrogen-bond acceptors (Lipinski definition) is 4. The molecular formula is C6H4OS4. The smallest absolute Gasteiger partial charge is 0.136 e. The highest BCUT2D eigenvalue weighted by Crippen LogP contribution is 2.45. The summed E-state index contributed by atoms with van der Waals surface area (Å²) in [5.41, 5.74) is 0. The Hall–Kier alpha value is 0.190. The predicted molar refractivity (Wildman–Crippen MR) is 55.9 cm³/mol. The van der Waals surface area contributed by atoms with Gasteiger partial charge in [-0.25, -0.2) is 4.21 Å². The van der Waals surface area contributed by atoms with E-state index in [1.165, 1.54) is 0 Å². The second kappa shape index (κ2) is 3.28. The van der Waals surface area contributed by atoms with Gasteiger partial charge in [0.25, 0.3) is 0 Å². The molecule has 0 amide bonds. The van der Waals surface area contributed by atoms with E-state index in [1.54, 1.807) is 0 Å². The lowest BCUT2D eigenvalue weighted by molar-refractivity contribution is 0.698. The normalized spacial score (nSPS) is 42.7. The van der Waals surface area contributed by atoms with Crippen LogP contribution in [0.3, 0.4) is 0 Å². The van der Waals surface area contributed by atoms with Gasteiger partial charge in [0, 0.05) is 11.2 Å². The molecule has 58 valence electrons. The Kier molecular flexibility index (Phi) is 2.77. The van der Waals surface area contributed by atoms with Crippen LogP contribution in [-0.4, -0.2) is 14.7 Å². The monoisotopic (exact) mass is 220 g/mol. The SMILES string of the molecule is C#CC1SS(=O)(=S)SC1C#C. The van der Waals surface area contributed by atoms with Gasteiger partial charge < -0.3 is 0 Å². The third-order valence-electron chi connectivity index (χ3n) is 1.05. The van der Waals surface area contributed by atoms with Crippen molar-refractivity contribution in [1.29, 1.82) is 0 Å². The number of terminal acetylenes is 2. The minimum Gasteiger partial charge on any atom is -0.235 e. The fourth-order valence-electron chi connectivity index (χ4n) is 0.608. The van der Waals surface area contributed by atoms with Crippen LogP contribution in [0.25, 0.3) is 0 Å². The molecule has 1 rings (SSSR count). The van der Waals surface area contributed by atoms with Crippen molar-refractivity contribution in [2.45, 2.75) is 10.5 Å². The lowest BCUT2D eigenvalue weighted by atomic mass is 10.3. The molecule has 1 fully saturated rings. The van der Waals surface area contributed by atoms with E-state index in [0.29, 0.717) is 0 Å². The molecule has 11 heavy (non-hydrogen) atoms. The molecule has 0 aromatic rings. The molecule has 1 heterocycles.